The van der Waals surface area contributed by atoms with E-state index < -0.39 is 17.9 Å². The largest absolute Gasteiger partial charge is 0.399 e. The summed E-state index contributed by atoms with van der Waals surface area (Å²) in [5, 5.41) is 0. The Morgan fingerprint density at radius 3 is 1.92 bits per heavy atom. The zero-order valence-corrected chi connectivity index (χ0v) is 14.1. The Labute approximate surface area is 139 Å². The number of aryl methyl sites for hydroxylation is 4. The third-order valence-corrected chi connectivity index (χ3v) is 4.18. The highest BCUT2D eigenvalue weighted by Crippen LogP contribution is 2.37. The molecule has 0 saturated carbocycles. The number of hydrogen-bond donors (Lipinski definition) is 0. The molecule has 0 N–H and O–H groups in total. The summed E-state index contributed by atoms with van der Waals surface area (Å²) in [5.41, 5.74) is 3.32. The van der Waals surface area contributed by atoms with Crippen LogP contribution in [-0.2, 0) is 0 Å². The van der Waals surface area contributed by atoms with Crippen LogP contribution in [0.5, 0.6) is 0 Å². The van der Waals surface area contributed by atoms with E-state index in [1.165, 1.54) is 32.1 Å². The van der Waals surface area contributed by atoms with Gasteiger partial charge in [0.25, 0.3) is 0 Å². The van der Waals surface area contributed by atoms with E-state index in [1.54, 1.807) is 6.07 Å². The highest BCUT2D eigenvalue weighted by atomic mass is 19.4. The van der Waals surface area contributed by atoms with Gasteiger partial charge < -0.3 is 0 Å². The molecule has 128 valence electrons. The fourth-order valence-electron chi connectivity index (χ4n) is 2.64. The summed E-state index contributed by atoms with van der Waals surface area (Å²) in [7, 11) is 0. The van der Waals surface area contributed by atoms with Gasteiger partial charge in [0.05, 0.1) is 5.92 Å². The predicted octanol–water partition coefficient (Wildman–Crippen LogP) is 6.42. The molecule has 0 aliphatic heterocycles. The van der Waals surface area contributed by atoms with Gasteiger partial charge in [-0.3, -0.25) is 0 Å². The molecule has 0 radical (unpaired) electrons. The molecular formula is C20H20F4. The van der Waals surface area contributed by atoms with Crippen molar-refractivity contribution in [1.29, 1.82) is 0 Å². The van der Waals surface area contributed by atoms with Crippen molar-refractivity contribution in [3.05, 3.63) is 75.6 Å². The average molecular weight is 336 g/mol. The highest BCUT2D eigenvalue weighted by molar-refractivity contribution is 5.53. The van der Waals surface area contributed by atoms with Gasteiger partial charge in [-0.15, -0.1) is 0 Å². The van der Waals surface area contributed by atoms with Crippen LogP contribution in [-0.4, -0.2) is 6.18 Å². The van der Waals surface area contributed by atoms with Gasteiger partial charge in [-0.2, -0.15) is 13.2 Å². The van der Waals surface area contributed by atoms with Gasteiger partial charge >= 0.3 is 6.18 Å². The Balaban J connectivity index is 2.43. The molecule has 0 aromatic heterocycles. The summed E-state index contributed by atoms with van der Waals surface area (Å²) >= 11 is 0. The molecule has 2 aromatic carbocycles. The topological polar surface area (TPSA) is 0 Å². The Bertz CT molecular complexity index is 747. The van der Waals surface area contributed by atoms with Crippen molar-refractivity contribution in [1.82, 2.24) is 0 Å². The van der Waals surface area contributed by atoms with Crippen LogP contribution in [0.25, 0.3) is 6.08 Å². The molecule has 1 unspecified atom stereocenters. The first-order chi connectivity index (χ1) is 11.1. The maximum atomic E-state index is 13.7. The lowest BCUT2D eigenvalue weighted by atomic mass is 9.93. The Hall–Kier alpha value is -2.10. The van der Waals surface area contributed by atoms with Gasteiger partial charge in [0.15, 0.2) is 0 Å². The van der Waals surface area contributed by atoms with Crippen molar-refractivity contribution >= 4 is 6.08 Å². The molecule has 0 spiro atoms. The standard InChI is InChI=1S/C20H20F4/c1-12-5-6-16(9-13(12)2)7-8-18(20(22,23)24)17-10-14(3)19(21)15(4)11-17/h5-11,18H,1-4H3/b8-7+. The van der Waals surface area contributed by atoms with E-state index in [9.17, 15) is 17.6 Å². The monoisotopic (exact) mass is 336 g/mol. The van der Waals surface area contributed by atoms with Crippen LogP contribution in [0, 0.1) is 33.5 Å². The normalized spacial score (nSPS) is 13.5. The smallest absolute Gasteiger partial charge is 0.206 e. The fraction of sp³-hybridized carbons (Fsp3) is 0.300. The van der Waals surface area contributed by atoms with Crippen LogP contribution in [0.4, 0.5) is 17.6 Å². The molecular weight excluding hydrogens is 316 g/mol. The summed E-state index contributed by atoms with van der Waals surface area (Å²) in [6, 6.07) is 8.05. The fourth-order valence-corrected chi connectivity index (χ4v) is 2.64. The van der Waals surface area contributed by atoms with E-state index in [2.05, 4.69) is 0 Å². The van der Waals surface area contributed by atoms with Crippen molar-refractivity contribution in [3.8, 4) is 0 Å². The lowest BCUT2D eigenvalue weighted by Crippen LogP contribution is -2.19. The SMILES string of the molecule is Cc1ccc(/C=C/C(c2cc(C)c(F)c(C)c2)C(F)(F)F)cc1C. The quantitative estimate of drug-likeness (QED) is 0.567. The minimum absolute atomic E-state index is 0.0546. The molecule has 0 aliphatic carbocycles. The van der Waals surface area contributed by atoms with E-state index in [0.29, 0.717) is 5.56 Å². The van der Waals surface area contributed by atoms with E-state index in [-0.39, 0.29) is 16.7 Å². The van der Waals surface area contributed by atoms with Crippen LogP contribution < -0.4 is 0 Å². The number of halogens is 4. The molecule has 24 heavy (non-hydrogen) atoms. The Morgan fingerprint density at radius 1 is 0.833 bits per heavy atom. The number of benzene rings is 2. The molecule has 0 fully saturated rings. The first-order valence-corrected chi connectivity index (χ1v) is 7.68. The summed E-state index contributed by atoms with van der Waals surface area (Å²) in [6.45, 7) is 6.82. The molecule has 0 bridgehead atoms. The summed E-state index contributed by atoms with van der Waals surface area (Å²) < 4.78 is 54.1. The summed E-state index contributed by atoms with van der Waals surface area (Å²) in [6.07, 6.45) is -1.83. The number of allylic oxidation sites excluding steroid dienone is 1. The number of rotatable bonds is 3. The van der Waals surface area contributed by atoms with E-state index >= 15 is 0 Å². The van der Waals surface area contributed by atoms with E-state index in [0.717, 1.165) is 17.2 Å². The van der Waals surface area contributed by atoms with Crippen LogP contribution in [0.1, 0.15) is 39.3 Å². The second-order valence-corrected chi connectivity index (χ2v) is 6.19. The van der Waals surface area contributed by atoms with Crippen molar-refractivity contribution in [3.63, 3.8) is 0 Å². The van der Waals surface area contributed by atoms with Crippen LogP contribution >= 0.6 is 0 Å². The zero-order valence-electron chi connectivity index (χ0n) is 14.1. The van der Waals surface area contributed by atoms with Crippen molar-refractivity contribution in [2.24, 2.45) is 0 Å². The van der Waals surface area contributed by atoms with Crippen molar-refractivity contribution in [2.75, 3.05) is 0 Å². The minimum atomic E-state index is -4.44. The van der Waals surface area contributed by atoms with Gasteiger partial charge in [-0.25, -0.2) is 4.39 Å². The van der Waals surface area contributed by atoms with Gasteiger partial charge in [-0.05, 0) is 61.1 Å². The summed E-state index contributed by atoms with van der Waals surface area (Å²) in [4.78, 5) is 0. The Kier molecular flexibility index (Phi) is 5.16. The van der Waals surface area contributed by atoms with Gasteiger partial charge in [0.2, 0.25) is 0 Å². The Morgan fingerprint density at radius 2 is 1.42 bits per heavy atom. The zero-order chi connectivity index (χ0) is 18.1. The second kappa shape index (κ2) is 6.80. The van der Waals surface area contributed by atoms with Gasteiger partial charge in [0.1, 0.15) is 5.82 Å². The molecule has 4 heteroatoms. The molecule has 0 saturated heterocycles. The lowest BCUT2D eigenvalue weighted by Gasteiger charge is -2.19. The van der Waals surface area contributed by atoms with Gasteiger partial charge in [0, 0.05) is 0 Å². The molecule has 0 amide bonds. The highest BCUT2D eigenvalue weighted by Gasteiger charge is 2.39. The molecule has 2 rings (SSSR count). The van der Waals surface area contributed by atoms with Gasteiger partial charge in [-0.1, -0.05) is 42.5 Å². The van der Waals surface area contributed by atoms with Crippen LogP contribution in [0.3, 0.4) is 0 Å². The maximum absolute atomic E-state index is 13.7. The first-order valence-electron chi connectivity index (χ1n) is 7.68. The van der Waals surface area contributed by atoms with Crippen LogP contribution in [0.2, 0.25) is 0 Å². The van der Waals surface area contributed by atoms with Crippen molar-refractivity contribution < 1.29 is 17.6 Å². The first kappa shape index (κ1) is 18.2. The molecule has 2 aromatic rings. The molecule has 1 atom stereocenters. The molecule has 0 heterocycles. The lowest BCUT2D eigenvalue weighted by molar-refractivity contribution is -0.139. The maximum Gasteiger partial charge on any atom is 0.399 e. The average Bonchev–Trinajstić information content (AvgIpc) is 2.47. The van der Waals surface area contributed by atoms with E-state index in [4.69, 9.17) is 0 Å². The van der Waals surface area contributed by atoms with E-state index in [1.807, 2.05) is 26.0 Å². The number of hydrogen-bond acceptors (Lipinski definition) is 0. The predicted molar refractivity (Wildman–Crippen MR) is 89.6 cm³/mol. The molecule has 0 aliphatic rings. The van der Waals surface area contributed by atoms with Crippen LogP contribution in [0.15, 0.2) is 36.4 Å². The third kappa shape index (κ3) is 4.05. The minimum Gasteiger partial charge on any atom is -0.206 e. The molecule has 0 nitrogen and oxygen atoms in total. The third-order valence-electron chi connectivity index (χ3n) is 4.18. The van der Waals surface area contributed by atoms with Crippen molar-refractivity contribution in [2.45, 2.75) is 39.8 Å². The summed E-state index contributed by atoms with van der Waals surface area (Å²) in [5.74, 6) is -2.23. The second-order valence-electron chi connectivity index (χ2n) is 6.19. The number of alkyl halides is 3.